The van der Waals surface area contributed by atoms with Crippen molar-refractivity contribution in [3.63, 3.8) is 0 Å². The number of ether oxygens (including phenoxy) is 2. The summed E-state index contributed by atoms with van der Waals surface area (Å²) in [5.41, 5.74) is 2.00. The van der Waals surface area contributed by atoms with Crippen molar-refractivity contribution in [1.29, 1.82) is 0 Å². The first kappa shape index (κ1) is 14.3. The van der Waals surface area contributed by atoms with Crippen molar-refractivity contribution in [1.82, 2.24) is 9.97 Å². The van der Waals surface area contributed by atoms with Gasteiger partial charge in [0.25, 0.3) is 0 Å². The first-order chi connectivity index (χ1) is 9.74. The molecule has 2 rings (SSSR count). The van der Waals surface area contributed by atoms with E-state index in [-0.39, 0.29) is 0 Å². The Labute approximate surface area is 119 Å². The second kappa shape index (κ2) is 7.48. The summed E-state index contributed by atoms with van der Waals surface area (Å²) >= 11 is 0. The number of hydrogen-bond donors (Lipinski definition) is 0. The van der Waals surface area contributed by atoms with E-state index in [2.05, 4.69) is 9.97 Å². The molecule has 0 fully saturated rings. The third kappa shape index (κ3) is 4.88. The molecule has 0 aliphatic carbocycles. The van der Waals surface area contributed by atoms with Crippen molar-refractivity contribution in [3.05, 3.63) is 48.0 Å². The van der Waals surface area contributed by atoms with Crippen molar-refractivity contribution >= 4 is 0 Å². The van der Waals surface area contributed by atoms with Crippen LogP contribution in [0, 0.1) is 13.8 Å². The van der Waals surface area contributed by atoms with E-state index in [1.807, 2.05) is 38.1 Å². The Morgan fingerprint density at radius 3 is 1.55 bits per heavy atom. The van der Waals surface area contributed by atoms with Crippen LogP contribution in [0.4, 0.5) is 0 Å². The molecule has 0 aliphatic rings. The van der Waals surface area contributed by atoms with Crippen LogP contribution >= 0.6 is 0 Å². The molecule has 0 N–H and O–H groups in total. The smallest absolute Gasteiger partial charge is 0.137 e. The molecule has 20 heavy (non-hydrogen) atoms. The summed E-state index contributed by atoms with van der Waals surface area (Å²) in [6.45, 7) is 5.28. The maximum absolute atomic E-state index is 5.60. The number of pyridine rings is 2. The molecule has 0 aromatic carbocycles. The highest BCUT2D eigenvalue weighted by molar-refractivity contribution is 5.19. The minimum absolute atomic E-state index is 0.681. The van der Waals surface area contributed by atoms with Crippen LogP contribution in [0.15, 0.2) is 36.7 Å². The SMILES string of the molecule is Cc1ccc(OCCCCOc2ccc(C)nc2)cn1. The monoisotopic (exact) mass is 272 g/mol. The third-order valence-electron chi connectivity index (χ3n) is 2.84. The van der Waals surface area contributed by atoms with E-state index in [9.17, 15) is 0 Å². The largest absolute Gasteiger partial charge is 0.492 e. The first-order valence-electron chi connectivity index (χ1n) is 6.85. The molecule has 0 radical (unpaired) electrons. The summed E-state index contributed by atoms with van der Waals surface area (Å²) in [5.74, 6) is 1.64. The van der Waals surface area contributed by atoms with Gasteiger partial charge >= 0.3 is 0 Å². The van der Waals surface area contributed by atoms with Gasteiger partial charge in [0, 0.05) is 11.4 Å². The van der Waals surface area contributed by atoms with Gasteiger partial charge in [0.15, 0.2) is 0 Å². The van der Waals surface area contributed by atoms with Gasteiger partial charge in [0.1, 0.15) is 11.5 Å². The molecule has 4 nitrogen and oxygen atoms in total. The van der Waals surface area contributed by atoms with E-state index in [0.29, 0.717) is 13.2 Å². The van der Waals surface area contributed by atoms with Gasteiger partial charge in [-0.15, -0.1) is 0 Å². The number of unbranched alkanes of at least 4 members (excludes halogenated alkanes) is 1. The molecule has 0 unspecified atom stereocenters. The molecule has 106 valence electrons. The molecule has 2 aromatic rings. The van der Waals surface area contributed by atoms with E-state index < -0.39 is 0 Å². The molecule has 0 saturated heterocycles. The van der Waals surface area contributed by atoms with Crippen LogP contribution in [0.3, 0.4) is 0 Å². The fourth-order valence-electron chi connectivity index (χ4n) is 1.66. The van der Waals surface area contributed by atoms with Crippen LogP contribution in [0.1, 0.15) is 24.2 Å². The lowest BCUT2D eigenvalue weighted by molar-refractivity contribution is 0.265. The first-order valence-corrected chi connectivity index (χ1v) is 6.85. The van der Waals surface area contributed by atoms with Gasteiger partial charge < -0.3 is 9.47 Å². The molecule has 0 spiro atoms. The van der Waals surface area contributed by atoms with Gasteiger partial charge in [-0.05, 0) is 51.0 Å². The highest BCUT2D eigenvalue weighted by Crippen LogP contribution is 2.11. The van der Waals surface area contributed by atoms with E-state index in [1.54, 1.807) is 12.4 Å². The van der Waals surface area contributed by atoms with Gasteiger partial charge in [0.2, 0.25) is 0 Å². The zero-order chi connectivity index (χ0) is 14.2. The summed E-state index contributed by atoms with van der Waals surface area (Å²) in [4.78, 5) is 8.37. The van der Waals surface area contributed by atoms with E-state index in [4.69, 9.17) is 9.47 Å². The molecular weight excluding hydrogens is 252 g/mol. The normalized spacial score (nSPS) is 10.3. The van der Waals surface area contributed by atoms with E-state index in [1.165, 1.54) is 0 Å². The van der Waals surface area contributed by atoms with Gasteiger partial charge in [-0.25, -0.2) is 0 Å². The van der Waals surface area contributed by atoms with Crippen LogP contribution in [0.25, 0.3) is 0 Å². The van der Waals surface area contributed by atoms with E-state index in [0.717, 1.165) is 35.7 Å². The predicted molar refractivity (Wildman–Crippen MR) is 78.2 cm³/mol. The summed E-state index contributed by atoms with van der Waals surface area (Å²) < 4.78 is 11.2. The molecule has 2 heterocycles. The van der Waals surface area contributed by atoms with Crippen molar-refractivity contribution in [2.75, 3.05) is 13.2 Å². The zero-order valence-electron chi connectivity index (χ0n) is 12.0. The van der Waals surface area contributed by atoms with Crippen LogP contribution < -0.4 is 9.47 Å². The number of nitrogens with zero attached hydrogens (tertiary/aromatic N) is 2. The number of aryl methyl sites for hydroxylation is 2. The van der Waals surface area contributed by atoms with Crippen LogP contribution in [-0.2, 0) is 0 Å². The van der Waals surface area contributed by atoms with Crippen LogP contribution in [-0.4, -0.2) is 23.2 Å². The highest BCUT2D eigenvalue weighted by Gasteiger charge is 1.96. The lowest BCUT2D eigenvalue weighted by Gasteiger charge is -2.07. The quantitative estimate of drug-likeness (QED) is 0.725. The summed E-state index contributed by atoms with van der Waals surface area (Å²) in [5, 5.41) is 0. The summed E-state index contributed by atoms with van der Waals surface area (Å²) in [6, 6.07) is 7.78. The predicted octanol–water partition coefficient (Wildman–Crippen LogP) is 3.33. The molecule has 2 aromatic heterocycles. The molecule has 0 amide bonds. The lowest BCUT2D eigenvalue weighted by atomic mass is 10.3. The Balaban J connectivity index is 1.57. The van der Waals surface area contributed by atoms with Crippen molar-refractivity contribution in [2.24, 2.45) is 0 Å². The molecule has 0 bridgehead atoms. The standard InChI is InChI=1S/C16H20N2O2/c1-13-5-7-15(11-17-13)19-9-3-4-10-20-16-8-6-14(2)18-12-16/h5-8,11-12H,3-4,9-10H2,1-2H3. The molecular formula is C16H20N2O2. The number of hydrogen-bond acceptors (Lipinski definition) is 4. The average Bonchev–Trinajstić information content (AvgIpc) is 2.46. The fraction of sp³-hybridized carbons (Fsp3) is 0.375. The van der Waals surface area contributed by atoms with Gasteiger partial charge in [-0.3, -0.25) is 9.97 Å². The topological polar surface area (TPSA) is 44.2 Å². The minimum atomic E-state index is 0.681. The molecule has 0 aliphatic heterocycles. The maximum atomic E-state index is 5.60. The second-order valence-electron chi connectivity index (χ2n) is 4.67. The number of aromatic nitrogens is 2. The maximum Gasteiger partial charge on any atom is 0.137 e. The van der Waals surface area contributed by atoms with Gasteiger partial charge in [-0.2, -0.15) is 0 Å². The molecule has 0 saturated carbocycles. The summed E-state index contributed by atoms with van der Waals surface area (Å²) in [7, 11) is 0. The fourth-order valence-corrected chi connectivity index (χ4v) is 1.66. The van der Waals surface area contributed by atoms with Gasteiger partial charge in [-0.1, -0.05) is 0 Å². The Kier molecular flexibility index (Phi) is 5.35. The Morgan fingerprint density at radius 1 is 0.750 bits per heavy atom. The lowest BCUT2D eigenvalue weighted by Crippen LogP contribution is -2.03. The minimum Gasteiger partial charge on any atom is -0.492 e. The second-order valence-corrected chi connectivity index (χ2v) is 4.67. The summed E-state index contributed by atoms with van der Waals surface area (Å²) in [6.07, 6.45) is 5.41. The Bertz CT molecular complexity index is 460. The Morgan fingerprint density at radius 2 is 1.20 bits per heavy atom. The van der Waals surface area contributed by atoms with Crippen molar-refractivity contribution < 1.29 is 9.47 Å². The third-order valence-corrected chi connectivity index (χ3v) is 2.84. The van der Waals surface area contributed by atoms with Crippen molar-refractivity contribution in [2.45, 2.75) is 26.7 Å². The van der Waals surface area contributed by atoms with Crippen LogP contribution in [0.5, 0.6) is 11.5 Å². The van der Waals surface area contributed by atoms with Gasteiger partial charge in [0.05, 0.1) is 25.6 Å². The highest BCUT2D eigenvalue weighted by atomic mass is 16.5. The molecule has 4 heteroatoms. The molecule has 0 atom stereocenters. The van der Waals surface area contributed by atoms with Crippen LogP contribution in [0.2, 0.25) is 0 Å². The average molecular weight is 272 g/mol. The van der Waals surface area contributed by atoms with E-state index >= 15 is 0 Å². The Hall–Kier alpha value is -2.10. The zero-order valence-corrected chi connectivity index (χ0v) is 12.0. The number of rotatable bonds is 7. The van der Waals surface area contributed by atoms with Crippen molar-refractivity contribution in [3.8, 4) is 11.5 Å².